The van der Waals surface area contributed by atoms with Crippen LogP contribution < -0.4 is 22.1 Å². The minimum Gasteiger partial charge on any atom is -0.402 e. The molecule has 0 aromatic carbocycles. The Morgan fingerprint density at radius 2 is 2.29 bits per heavy atom. The summed E-state index contributed by atoms with van der Waals surface area (Å²) in [6, 6.07) is 1.25. The summed E-state index contributed by atoms with van der Waals surface area (Å²) in [6.45, 7) is 1.61. The predicted molar refractivity (Wildman–Crippen MR) is 50.0 cm³/mol. The number of tetrazole rings is 1. The molecule has 0 radical (unpaired) electrons. The van der Waals surface area contributed by atoms with Crippen LogP contribution in [0.4, 0.5) is 5.82 Å². The van der Waals surface area contributed by atoms with Crippen molar-refractivity contribution in [2.45, 2.75) is 6.92 Å². The maximum absolute atomic E-state index is 11.5. The van der Waals surface area contributed by atoms with Gasteiger partial charge in [0.1, 0.15) is 5.82 Å². The van der Waals surface area contributed by atoms with Gasteiger partial charge in [0.05, 0.1) is 5.22 Å². The van der Waals surface area contributed by atoms with Gasteiger partial charge in [-0.25, -0.2) is 0 Å². The fraction of sp³-hybridized carbons (Fsp3) is 0.143. The van der Waals surface area contributed by atoms with Crippen LogP contribution in [0.2, 0.25) is 0 Å². The summed E-state index contributed by atoms with van der Waals surface area (Å²) < 4.78 is 1.27. The van der Waals surface area contributed by atoms with Gasteiger partial charge in [0.25, 0.3) is 0 Å². The second kappa shape index (κ2) is 2.66. The van der Waals surface area contributed by atoms with E-state index in [0.717, 1.165) is 0 Å². The molecule has 4 N–H and O–H groups in total. The second-order valence-corrected chi connectivity index (χ2v) is 2.91. The number of nitrogens with zero attached hydrogens (tertiary/aromatic N) is 4. The van der Waals surface area contributed by atoms with Crippen LogP contribution in [0.1, 0.15) is 6.92 Å². The molecule has 0 atom stereocenters. The molecule has 0 aliphatic carbocycles. The summed E-state index contributed by atoms with van der Waals surface area (Å²) >= 11 is 0. The van der Waals surface area contributed by atoms with E-state index < -0.39 is 0 Å². The van der Waals surface area contributed by atoms with Crippen LogP contribution in [0.15, 0.2) is 10.9 Å². The summed E-state index contributed by atoms with van der Waals surface area (Å²) in [4.78, 5) is 11.5. The molecule has 0 aliphatic rings. The molecule has 7 nitrogen and oxygen atoms in total. The summed E-state index contributed by atoms with van der Waals surface area (Å²) in [6.07, 6.45) is 0. The maximum Gasteiger partial charge on any atom is 0.195 e. The number of rotatable bonds is 0. The molecule has 0 bridgehead atoms. The predicted octanol–water partition coefficient (Wildman–Crippen LogP) is -2.13. The first-order valence-electron chi connectivity index (χ1n) is 3.88. The SMILES string of the molecule is C/C(N)=c1/c(=O)cc(N)n2nnnc12. The fourth-order valence-corrected chi connectivity index (χ4v) is 1.27. The third kappa shape index (κ3) is 0.987. The largest absolute Gasteiger partial charge is 0.402 e. The van der Waals surface area contributed by atoms with Gasteiger partial charge in [0, 0.05) is 11.8 Å². The van der Waals surface area contributed by atoms with E-state index in [-0.39, 0.29) is 16.9 Å². The Hall–Kier alpha value is -2.18. The van der Waals surface area contributed by atoms with Crippen molar-refractivity contribution >= 4 is 17.2 Å². The Morgan fingerprint density at radius 3 is 2.93 bits per heavy atom. The van der Waals surface area contributed by atoms with E-state index in [0.29, 0.717) is 10.9 Å². The van der Waals surface area contributed by atoms with Crippen molar-refractivity contribution in [2.75, 3.05) is 5.73 Å². The molecular weight excluding hydrogens is 184 g/mol. The molecule has 14 heavy (non-hydrogen) atoms. The van der Waals surface area contributed by atoms with Crippen molar-refractivity contribution < 1.29 is 0 Å². The van der Waals surface area contributed by atoms with Crippen LogP contribution in [-0.4, -0.2) is 20.0 Å². The number of aromatic nitrogens is 4. The highest BCUT2D eigenvalue weighted by Gasteiger charge is 2.07. The van der Waals surface area contributed by atoms with E-state index in [4.69, 9.17) is 11.5 Å². The lowest BCUT2D eigenvalue weighted by Crippen LogP contribution is -2.31. The summed E-state index contributed by atoms with van der Waals surface area (Å²) in [5.74, 6) is 0.194. The van der Waals surface area contributed by atoms with Crippen molar-refractivity contribution in [3.8, 4) is 0 Å². The third-order valence-electron chi connectivity index (χ3n) is 1.86. The van der Waals surface area contributed by atoms with Gasteiger partial charge < -0.3 is 11.5 Å². The first kappa shape index (κ1) is 8.42. The quantitative estimate of drug-likeness (QED) is 0.493. The lowest BCUT2D eigenvalue weighted by Gasteiger charge is -1.96. The minimum atomic E-state index is -0.273. The monoisotopic (exact) mass is 192 g/mol. The molecule has 7 heteroatoms. The first-order chi connectivity index (χ1) is 6.61. The van der Waals surface area contributed by atoms with Crippen LogP contribution in [-0.2, 0) is 0 Å². The van der Waals surface area contributed by atoms with Gasteiger partial charge in [0.2, 0.25) is 0 Å². The van der Waals surface area contributed by atoms with Crippen molar-refractivity contribution in [1.82, 2.24) is 20.0 Å². The van der Waals surface area contributed by atoms with E-state index in [1.807, 2.05) is 0 Å². The molecule has 0 fully saturated rings. The average Bonchev–Trinajstić information content (AvgIpc) is 2.51. The van der Waals surface area contributed by atoms with Crippen molar-refractivity contribution in [3.63, 3.8) is 0 Å². The Labute approximate surface area is 78.0 Å². The highest BCUT2D eigenvalue weighted by molar-refractivity contribution is 5.54. The fourth-order valence-electron chi connectivity index (χ4n) is 1.27. The zero-order valence-electron chi connectivity index (χ0n) is 7.43. The van der Waals surface area contributed by atoms with Gasteiger partial charge in [0.15, 0.2) is 11.1 Å². The highest BCUT2D eigenvalue weighted by Crippen LogP contribution is 1.95. The zero-order valence-corrected chi connectivity index (χ0v) is 7.43. The molecule has 2 heterocycles. The highest BCUT2D eigenvalue weighted by atomic mass is 16.1. The van der Waals surface area contributed by atoms with E-state index in [1.54, 1.807) is 6.92 Å². The smallest absolute Gasteiger partial charge is 0.195 e. The molecule has 0 unspecified atom stereocenters. The number of fused-ring (bicyclic) bond motifs is 1. The summed E-state index contributed by atoms with van der Waals surface area (Å²) in [5.41, 5.74) is 11.5. The van der Waals surface area contributed by atoms with E-state index in [1.165, 1.54) is 10.6 Å². The lowest BCUT2D eigenvalue weighted by atomic mass is 10.3. The molecule has 0 amide bonds. The van der Waals surface area contributed by atoms with Crippen LogP contribution in [0.3, 0.4) is 0 Å². The summed E-state index contributed by atoms with van der Waals surface area (Å²) in [7, 11) is 0. The molecule has 0 aliphatic heterocycles. The molecule has 72 valence electrons. The second-order valence-electron chi connectivity index (χ2n) is 2.91. The Morgan fingerprint density at radius 1 is 1.57 bits per heavy atom. The van der Waals surface area contributed by atoms with Gasteiger partial charge in [-0.3, -0.25) is 4.79 Å². The van der Waals surface area contributed by atoms with Gasteiger partial charge in [-0.1, -0.05) is 0 Å². The van der Waals surface area contributed by atoms with Crippen LogP contribution in [0.25, 0.3) is 11.3 Å². The Bertz CT molecular complexity index is 596. The van der Waals surface area contributed by atoms with E-state index in [2.05, 4.69) is 15.5 Å². The number of pyridine rings is 1. The normalized spacial score (nSPS) is 13.2. The van der Waals surface area contributed by atoms with Crippen molar-refractivity contribution in [3.05, 3.63) is 21.5 Å². The van der Waals surface area contributed by atoms with E-state index in [9.17, 15) is 4.79 Å². The molecule has 2 rings (SSSR count). The van der Waals surface area contributed by atoms with E-state index >= 15 is 0 Å². The molecular formula is C7H8N6O. The standard InChI is InChI=1S/C7H8N6O/c1-3(8)6-4(14)2-5(9)13-7(6)10-11-12-13/h2H,8-9H2,1H3/b6-3+. The average molecular weight is 192 g/mol. The van der Waals surface area contributed by atoms with Crippen LogP contribution in [0.5, 0.6) is 0 Å². The molecule has 0 saturated heterocycles. The van der Waals surface area contributed by atoms with Crippen LogP contribution in [0, 0.1) is 0 Å². The van der Waals surface area contributed by atoms with Gasteiger partial charge in [-0.2, -0.15) is 4.52 Å². The molecule has 2 aromatic heterocycles. The molecule has 0 saturated carbocycles. The number of nitrogen functional groups attached to an aromatic ring is 1. The lowest BCUT2D eigenvalue weighted by molar-refractivity contribution is 0.829. The van der Waals surface area contributed by atoms with Gasteiger partial charge >= 0.3 is 0 Å². The van der Waals surface area contributed by atoms with Gasteiger partial charge in [-0.15, -0.1) is 5.10 Å². The molecule has 2 aromatic rings. The summed E-state index contributed by atoms with van der Waals surface area (Å²) in [5, 5.41) is 11.0. The minimum absolute atomic E-state index is 0.194. The Kier molecular flexibility index (Phi) is 1.60. The topological polar surface area (TPSA) is 112 Å². The Balaban J connectivity index is 3.19. The molecule has 0 spiro atoms. The van der Waals surface area contributed by atoms with Crippen molar-refractivity contribution in [2.24, 2.45) is 5.73 Å². The van der Waals surface area contributed by atoms with Crippen molar-refractivity contribution in [1.29, 1.82) is 0 Å². The number of anilines is 1. The maximum atomic E-state index is 11.5. The zero-order chi connectivity index (χ0) is 10.3. The van der Waals surface area contributed by atoms with Gasteiger partial charge in [-0.05, 0) is 17.4 Å². The number of hydrogen-bond donors (Lipinski definition) is 2. The first-order valence-corrected chi connectivity index (χ1v) is 3.88. The third-order valence-corrected chi connectivity index (χ3v) is 1.86. The van der Waals surface area contributed by atoms with Crippen LogP contribution >= 0.6 is 0 Å². The number of hydrogen-bond acceptors (Lipinski definition) is 6. The number of nitrogens with two attached hydrogens (primary N) is 2.